The van der Waals surface area contributed by atoms with E-state index in [1.165, 1.54) is 24.3 Å². The Balaban J connectivity index is 1.89. The lowest BCUT2D eigenvalue weighted by Gasteiger charge is -2.17. The number of halogens is 1. The van der Waals surface area contributed by atoms with Crippen LogP contribution in [-0.2, 0) is 4.79 Å². The van der Waals surface area contributed by atoms with Gasteiger partial charge in [-0.05, 0) is 36.2 Å². The van der Waals surface area contributed by atoms with Crippen molar-refractivity contribution in [2.24, 2.45) is 0 Å². The Morgan fingerprint density at radius 1 is 1.17 bits per heavy atom. The number of rotatable bonds is 7. The van der Waals surface area contributed by atoms with Crippen LogP contribution in [0.2, 0.25) is 0 Å². The van der Waals surface area contributed by atoms with Gasteiger partial charge >= 0.3 is 0 Å². The zero-order chi connectivity index (χ0) is 17.5. The summed E-state index contributed by atoms with van der Waals surface area (Å²) in [6.45, 7) is 2.21. The van der Waals surface area contributed by atoms with E-state index in [-0.39, 0.29) is 24.2 Å². The lowest BCUT2D eigenvalue weighted by molar-refractivity contribution is -0.384. The van der Waals surface area contributed by atoms with Gasteiger partial charge in [-0.15, -0.1) is 0 Å². The molecular formula is C17H18BrN3O3. The lowest BCUT2D eigenvalue weighted by atomic mass is 10.0. The van der Waals surface area contributed by atoms with Crippen LogP contribution in [0.25, 0.3) is 0 Å². The SMILES string of the molecule is CC[C@H](NCC(=O)Nc1ccc([N+](=O)[O-])cc1)c1ccc(Br)cc1. The van der Waals surface area contributed by atoms with E-state index in [0.717, 1.165) is 16.5 Å². The number of carbonyl (C=O) groups excluding carboxylic acids is 1. The highest BCUT2D eigenvalue weighted by Gasteiger charge is 2.11. The number of hydrogen-bond acceptors (Lipinski definition) is 4. The number of nitro benzene ring substituents is 1. The molecule has 7 heteroatoms. The van der Waals surface area contributed by atoms with Crippen molar-refractivity contribution in [2.45, 2.75) is 19.4 Å². The van der Waals surface area contributed by atoms with Crippen LogP contribution in [0, 0.1) is 10.1 Å². The van der Waals surface area contributed by atoms with Crippen LogP contribution >= 0.6 is 15.9 Å². The predicted octanol–water partition coefficient (Wildman–Crippen LogP) is 4.04. The molecular weight excluding hydrogens is 374 g/mol. The smallest absolute Gasteiger partial charge is 0.269 e. The van der Waals surface area contributed by atoms with E-state index in [2.05, 4.69) is 26.6 Å². The molecule has 0 aliphatic rings. The van der Waals surface area contributed by atoms with Crippen molar-refractivity contribution in [3.05, 3.63) is 68.7 Å². The number of anilines is 1. The number of nitro groups is 1. The maximum atomic E-state index is 12.0. The highest BCUT2D eigenvalue weighted by molar-refractivity contribution is 9.10. The van der Waals surface area contributed by atoms with Crippen molar-refractivity contribution in [1.82, 2.24) is 5.32 Å². The standard InChI is InChI=1S/C17H18BrN3O3/c1-2-16(12-3-5-13(18)6-4-12)19-11-17(22)20-14-7-9-15(10-8-14)21(23)24/h3-10,16,19H,2,11H2,1H3,(H,20,22)/t16-/m0/s1. The van der Waals surface area contributed by atoms with Gasteiger partial charge in [0.1, 0.15) is 0 Å². The van der Waals surface area contributed by atoms with Crippen LogP contribution in [0.3, 0.4) is 0 Å². The molecule has 0 bridgehead atoms. The van der Waals surface area contributed by atoms with E-state index in [1.54, 1.807) is 0 Å². The summed E-state index contributed by atoms with van der Waals surface area (Å²) in [7, 11) is 0. The van der Waals surface area contributed by atoms with Crippen molar-refractivity contribution >= 4 is 33.2 Å². The highest BCUT2D eigenvalue weighted by atomic mass is 79.9. The Hall–Kier alpha value is -2.25. The molecule has 0 radical (unpaired) electrons. The molecule has 1 amide bonds. The van der Waals surface area contributed by atoms with Crippen LogP contribution in [0.5, 0.6) is 0 Å². The second-order valence-corrected chi connectivity index (χ2v) is 6.16. The maximum absolute atomic E-state index is 12.0. The third-order valence-corrected chi connectivity index (χ3v) is 4.08. The molecule has 0 aliphatic heterocycles. The quantitative estimate of drug-likeness (QED) is 0.550. The molecule has 126 valence electrons. The fourth-order valence-corrected chi connectivity index (χ4v) is 2.54. The van der Waals surface area contributed by atoms with Gasteiger partial charge in [0.05, 0.1) is 11.5 Å². The number of hydrogen-bond donors (Lipinski definition) is 2. The van der Waals surface area contributed by atoms with Gasteiger partial charge < -0.3 is 10.6 Å². The minimum atomic E-state index is -0.475. The summed E-state index contributed by atoms with van der Waals surface area (Å²) in [5, 5.41) is 16.5. The predicted molar refractivity (Wildman–Crippen MR) is 96.9 cm³/mol. The molecule has 0 aromatic heterocycles. The average Bonchev–Trinajstić information content (AvgIpc) is 2.57. The first-order chi connectivity index (χ1) is 11.5. The summed E-state index contributed by atoms with van der Waals surface area (Å²) in [5.74, 6) is -0.195. The Kier molecular flexibility index (Phi) is 6.45. The number of nitrogens with one attached hydrogen (secondary N) is 2. The third-order valence-electron chi connectivity index (χ3n) is 3.55. The molecule has 0 aliphatic carbocycles. The van der Waals surface area contributed by atoms with Gasteiger partial charge in [-0.25, -0.2) is 0 Å². The molecule has 2 N–H and O–H groups in total. The van der Waals surface area contributed by atoms with Crippen LogP contribution < -0.4 is 10.6 Å². The zero-order valence-electron chi connectivity index (χ0n) is 13.2. The Bertz CT molecular complexity index is 702. The second kappa shape index (κ2) is 8.56. The number of non-ortho nitro benzene ring substituents is 1. The van der Waals surface area contributed by atoms with Crippen molar-refractivity contribution in [3.8, 4) is 0 Å². The molecule has 0 spiro atoms. The zero-order valence-corrected chi connectivity index (χ0v) is 14.7. The first-order valence-electron chi connectivity index (χ1n) is 7.52. The van der Waals surface area contributed by atoms with E-state index >= 15 is 0 Å². The maximum Gasteiger partial charge on any atom is 0.269 e. The molecule has 2 rings (SSSR count). The fraction of sp³-hybridized carbons (Fsp3) is 0.235. The van der Waals surface area contributed by atoms with Gasteiger partial charge in [-0.2, -0.15) is 0 Å². The average molecular weight is 392 g/mol. The van der Waals surface area contributed by atoms with Crippen molar-refractivity contribution in [1.29, 1.82) is 0 Å². The summed E-state index contributed by atoms with van der Waals surface area (Å²) in [5.41, 5.74) is 1.64. The largest absolute Gasteiger partial charge is 0.325 e. The Morgan fingerprint density at radius 2 is 1.79 bits per heavy atom. The lowest BCUT2D eigenvalue weighted by Crippen LogP contribution is -2.31. The minimum absolute atomic E-state index is 0.00703. The van der Waals surface area contributed by atoms with E-state index in [0.29, 0.717) is 5.69 Å². The molecule has 0 fully saturated rings. The highest BCUT2D eigenvalue weighted by Crippen LogP contribution is 2.19. The van der Waals surface area contributed by atoms with E-state index in [4.69, 9.17) is 0 Å². The molecule has 24 heavy (non-hydrogen) atoms. The first-order valence-corrected chi connectivity index (χ1v) is 8.32. The molecule has 0 saturated heterocycles. The summed E-state index contributed by atoms with van der Waals surface area (Å²) in [6, 6.07) is 13.8. The van der Waals surface area contributed by atoms with E-state index < -0.39 is 4.92 Å². The molecule has 2 aromatic rings. The van der Waals surface area contributed by atoms with Crippen molar-refractivity contribution in [3.63, 3.8) is 0 Å². The number of amides is 1. The van der Waals surface area contributed by atoms with Gasteiger partial charge in [0, 0.05) is 28.3 Å². The molecule has 6 nitrogen and oxygen atoms in total. The Morgan fingerprint density at radius 3 is 2.33 bits per heavy atom. The molecule has 1 atom stereocenters. The van der Waals surface area contributed by atoms with Crippen LogP contribution in [0.4, 0.5) is 11.4 Å². The fourth-order valence-electron chi connectivity index (χ4n) is 2.28. The normalized spacial score (nSPS) is 11.8. The molecule has 0 unspecified atom stereocenters. The minimum Gasteiger partial charge on any atom is -0.325 e. The molecule has 0 heterocycles. The monoisotopic (exact) mass is 391 g/mol. The number of nitrogens with zero attached hydrogens (tertiary/aromatic N) is 1. The van der Waals surface area contributed by atoms with Gasteiger partial charge in [0.15, 0.2) is 0 Å². The summed E-state index contributed by atoms with van der Waals surface area (Å²) < 4.78 is 1.01. The van der Waals surface area contributed by atoms with E-state index in [9.17, 15) is 14.9 Å². The third kappa shape index (κ3) is 5.14. The Labute approximate surface area is 148 Å². The first kappa shape index (κ1) is 18.1. The van der Waals surface area contributed by atoms with Crippen LogP contribution in [-0.4, -0.2) is 17.4 Å². The number of carbonyl (C=O) groups is 1. The van der Waals surface area contributed by atoms with E-state index in [1.807, 2.05) is 31.2 Å². The summed E-state index contributed by atoms with van der Waals surface area (Å²) in [4.78, 5) is 22.2. The van der Waals surface area contributed by atoms with Gasteiger partial charge in [-0.1, -0.05) is 35.0 Å². The van der Waals surface area contributed by atoms with Gasteiger partial charge in [-0.3, -0.25) is 14.9 Å². The number of benzene rings is 2. The van der Waals surface area contributed by atoms with Gasteiger partial charge in [0.25, 0.3) is 5.69 Å². The topological polar surface area (TPSA) is 84.3 Å². The van der Waals surface area contributed by atoms with Crippen molar-refractivity contribution < 1.29 is 9.72 Å². The summed E-state index contributed by atoms with van der Waals surface area (Å²) >= 11 is 3.40. The summed E-state index contributed by atoms with van der Waals surface area (Å²) in [6.07, 6.45) is 0.854. The molecule has 0 saturated carbocycles. The van der Waals surface area contributed by atoms with Crippen LogP contribution in [0.15, 0.2) is 53.0 Å². The second-order valence-electron chi connectivity index (χ2n) is 5.25. The van der Waals surface area contributed by atoms with Crippen LogP contribution in [0.1, 0.15) is 24.9 Å². The van der Waals surface area contributed by atoms with Crippen molar-refractivity contribution in [2.75, 3.05) is 11.9 Å². The molecule has 2 aromatic carbocycles. The van der Waals surface area contributed by atoms with Gasteiger partial charge in [0.2, 0.25) is 5.91 Å².